The number of rotatable bonds is 5. The minimum absolute atomic E-state index is 0.140. The smallest absolute Gasteiger partial charge is 0.310 e. The fraction of sp³-hybridized carbons (Fsp3) is 0.182. The lowest BCUT2D eigenvalue weighted by Crippen LogP contribution is -2.22. The maximum absolute atomic E-state index is 12.0. The molecular weight excluding hydrogens is 326 g/mol. The van der Waals surface area contributed by atoms with Crippen molar-refractivity contribution in [2.45, 2.75) is 20.3 Å². The van der Waals surface area contributed by atoms with Crippen molar-refractivity contribution < 1.29 is 14.3 Å². The lowest BCUT2D eigenvalue weighted by Gasteiger charge is -2.10. The monoisotopic (exact) mass is 347 g/mol. The number of fused-ring (bicyclic) bond motifs is 1. The quantitative estimate of drug-likeness (QED) is 0.705. The van der Waals surface area contributed by atoms with E-state index in [4.69, 9.17) is 4.74 Å². The summed E-state index contributed by atoms with van der Waals surface area (Å²) < 4.78 is 5.11. The molecule has 0 aliphatic carbocycles. The van der Waals surface area contributed by atoms with Gasteiger partial charge in [0.15, 0.2) is 6.61 Å². The van der Waals surface area contributed by atoms with Gasteiger partial charge in [-0.15, -0.1) is 0 Å². The molecule has 26 heavy (non-hydrogen) atoms. The Hall–Kier alpha value is -3.14. The first-order valence-corrected chi connectivity index (χ1v) is 8.52. The van der Waals surface area contributed by atoms with Gasteiger partial charge in [-0.05, 0) is 47.4 Å². The number of aryl methyl sites for hydroxylation is 1. The van der Waals surface area contributed by atoms with E-state index in [-0.39, 0.29) is 18.9 Å². The van der Waals surface area contributed by atoms with Crippen LogP contribution in [0.3, 0.4) is 0 Å². The van der Waals surface area contributed by atoms with Crippen molar-refractivity contribution >= 4 is 28.3 Å². The van der Waals surface area contributed by atoms with Gasteiger partial charge >= 0.3 is 5.97 Å². The molecule has 0 heterocycles. The normalized spacial score (nSPS) is 10.5. The Morgan fingerprint density at radius 1 is 0.923 bits per heavy atom. The molecule has 0 aliphatic rings. The van der Waals surface area contributed by atoms with Crippen molar-refractivity contribution in [1.29, 1.82) is 0 Å². The molecule has 3 aromatic rings. The molecule has 0 atom stereocenters. The van der Waals surface area contributed by atoms with Crippen LogP contribution in [-0.4, -0.2) is 18.5 Å². The van der Waals surface area contributed by atoms with E-state index in [2.05, 4.69) is 5.32 Å². The molecule has 0 aliphatic heterocycles. The van der Waals surface area contributed by atoms with Crippen molar-refractivity contribution in [1.82, 2.24) is 0 Å². The highest BCUT2D eigenvalue weighted by Crippen LogP contribution is 2.18. The summed E-state index contributed by atoms with van der Waals surface area (Å²) in [6, 6.07) is 19.5. The predicted octanol–water partition coefficient (Wildman–Crippen LogP) is 4.18. The minimum Gasteiger partial charge on any atom is -0.455 e. The number of hydrogen-bond donors (Lipinski definition) is 1. The number of benzene rings is 3. The van der Waals surface area contributed by atoms with Gasteiger partial charge in [0.2, 0.25) is 0 Å². The molecule has 3 rings (SSSR count). The Labute approximate surface area is 152 Å². The molecule has 0 aromatic heterocycles. The van der Waals surface area contributed by atoms with Gasteiger partial charge in [0, 0.05) is 5.69 Å². The second kappa shape index (κ2) is 7.83. The molecule has 132 valence electrons. The zero-order chi connectivity index (χ0) is 18.5. The second-order valence-electron chi connectivity index (χ2n) is 6.31. The highest BCUT2D eigenvalue weighted by molar-refractivity contribution is 5.93. The lowest BCUT2D eigenvalue weighted by molar-refractivity contribution is -0.146. The van der Waals surface area contributed by atoms with Gasteiger partial charge in [0.25, 0.3) is 5.91 Å². The summed E-state index contributed by atoms with van der Waals surface area (Å²) in [5.74, 6) is -0.762. The van der Waals surface area contributed by atoms with Crippen LogP contribution < -0.4 is 5.32 Å². The number of esters is 1. The Kier molecular flexibility index (Phi) is 5.32. The molecule has 0 unspecified atom stereocenters. The summed E-state index contributed by atoms with van der Waals surface area (Å²) in [5, 5.41) is 4.98. The van der Waals surface area contributed by atoms with Gasteiger partial charge in [0.05, 0.1) is 6.42 Å². The number of anilines is 1. The van der Waals surface area contributed by atoms with Crippen LogP contribution in [0.5, 0.6) is 0 Å². The van der Waals surface area contributed by atoms with E-state index in [9.17, 15) is 9.59 Å². The van der Waals surface area contributed by atoms with E-state index in [1.54, 1.807) is 0 Å². The van der Waals surface area contributed by atoms with Crippen LogP contribution in [-0.2, 0) is 20.7 Å². The van der Waals surface area contributed by atoms with Crippen molar-refractivity contribution in [2.75, 3.05) is 11.9 Å². The molecule has 0 saturated heterocycles. The third-order valence-corrected chi connectivity index (χ3v) is 4.41. The molecule has 1 N–H and O–H groups in total. The second-order valence-corrected chi connectivity index (χ2v) is 6.31. The Bertz CT molecular complexity index is 963. The summed E-state index contributed by atoms with van der Waals surface area (Å²) in [6.45, 7) is 3.63. The van der Waals surface area contributed by atoms with Gasteiger partial charge in [-0.2, -0.15) is 0 Å². The van der Waals surface area contributed by atoms with Crippen molar-refractivity contribution in [2.24, 2.45) is 0 Å². The first-order valence-electron chi connectivity index (χ1n) is 8.52. The number of hydrogen-bond acceptors (Lipinski definition) is 3. The van der Waals surface area contributed by atoms with Crippen LogP contribution in [0.4, 0.5) is 5.69 Å². The van der Waals surface area contributed by atoms with Gasteiger partial charge in [0.1, 0.15) is 0 Å². The number of ether oxygens (including phenoxy) is 1. The molecule has 4 heteroatoms. The Morgan fingerprint density at radius 2 is 1.69 bits per heavy atom. The minimum atomic E-state index is -0.420. The van der Waals surface area contributed by atoms with Crippen LogP contribution in [0.25, 0.3) is 10.8 Å². The predicted molar refractivity (Wildman–Crippen MR) is 103 cm³/mol. The summed E-state index contributed by atoms with van der Waals surface area (Å²) >= 11 is 0. The summed E-state index contributed by atoms with van der Waals surface area (Å²) in [7, 11) is 0. The molecule has 0 fully saturated rings. The van der Waals surface area contributed by atoms with Crippen molar-refractivity contribution in [3.63, 3.8) is 0 Å². The fourth-order valence-corrected chi connectivity index (χ4v) is 2.79. The molecule has 1 amide bonds. The largest absolute Gasteiger partial charge is 0.455 e. The van der Waals surface area contributed by atoms with Gasteiger partial charge in [-0.25, -0.2) is 0 Å². The third kappa shape index (κ3) is 4.28. The molecule has 3 aromatic carbocycles. The van der Waals surface area contributed by atoms with E-state index in [1.807, 2.05) is 74.5 Å². The van der Waals surface area contributed by atoms with Crippen molar-refractivity contribution in [3.8, 4) is 0 Å². The van der Waals surface area contributed by atoms with Crippen LogP contribution in [0.15, 0.2) is 60.7 Å². The van der Waals surface area contributed by atoms with E-state index in [0.29, 0.717) is 0 Å². The maximum atomic E-state index is 12.0. The Balaban J connectivity index is 1.54. The average Bonchev–Trinajstić information content (AvgIpc) is 2.64. The third-order valence-electron chi connectivity index (χ3n) is 4.41. The van der Waals surface area contributed by atoms with Crippen LogP contribution in [0, 0.1) is 13.8 Å². The first kappa shape index (κ1) is 17.7. The zero-order valence-electron chi connectivity index (χ0n) is 14.9. The van der Waals surface area contributed by atoms with Crippen LogP contribution in [0.2, 0.25) is 0 Å². The molecular formula is C22H21NO3. The first-order chi connectivity index (χ1) is 12.5. The van der Waals surface area contributed by atoms with Crippen LogP contribution >= 0.6 is 0 Å². The van der Waals surface area contributed by atoms with E-state index in [0.717, 1.165) is 33.2 Å². The standard InChI is InChI=1S/C22H21NO3/c1-15-6-5-9-20(16(15)2)23-21(24)14-26-22(25)13-17-10-11-18-7-3-4-8-19(18)12-17/h3-12H,13-14H2,1-2H3,(H,23,24). The zero-order valence-corrected chi connectivity index (χ0v) is 14.9. The van der Waals surface area contributed by atoms with Crippen LogP contribution in [0.1, 0.15) is 16.7 Å². The molecule has 0 bridgehead atoms. The van der Waals surface area contributed by atoms with E-state index >= 15 is 0 Å². The van der Waals surface area contributed by atoms with Gasteiger partial charge < -0.3 is 10.1 Å². The molecule has 0 saturated carbocycles. The number of nitrogens with one attached hydrogen (secondary N) is 1. The molecule has 4 nitrogen and oxygen atoms in total. The van der Waals surface area contributed by atoms with Gasteiger partial charge in [-0.1, -0.05) is 54.6 Å². The average molecular weight is 347 g/mol. The van der Waals surface area contributed by atoms with Gasteiger partial charge in [-0.3, -0.25) is 9.59 Å². The Morgan fingerprint density at radius 3 is 2.50 bits per heavy atom. The van der Waals surface area contributed by atoms with E-state index in [1.165, 1.54) is 0 Å². The number of carbonyl (C=O) groups is 2. The summed E-state index contributed by atoms with van der Waals surface area (Å²) in [6.07, 6.45) is 0.140. The number of carbonyl (C=O) groups excluding carboxylic acids is 2. The summed E-state index contributed by atoms with van der Waals surface area (Å²) in [4.78, 5) is 24.0. The highest BCUT2D eigenvalue weighted by atomic mass is 16.5. The SMILES string of the molecule is Cc1cccc(NC(=O)COC(=O)Cc2ccc3ccccc3c2)c1C. The fourth-order valence-electron chi connectivity index (χ4n) is 2.79. The molecule has 0 radical (unpaired) electrons. The molecule has 0 spiro atoms. The van der Waals surface area contributed by atoms with E-state index < -0.39 is 5.97 Å². The summed E-state index contributed by atoms with van der Waals surface area (Å²) in [5.41, 5.74) is 3.70. The highest BCUT2D eigenvalue weighted by Gasteiger charge is 2.10. The number of amides is 1. The topological polar surface area (TPSA) is 55.4 Å². The maximum Gasteiger partial charge on any atom is 0.310 e. The van der Waals surface area contributed by atoms with Crippen molar-refractivity contribution in [3.05, 3.63) is 77.4 Å². The lowest BCUT2D eigenvalue weighted by atomic mass is 10.1.